The molecule has 1 aliphatic rings. The van der Waals surface area contributed by atoms with Gasteiger partial charge in [0.15, 0.2) is 0 Å². The van der Waals surface area contributed by atoms with E-state index < -0.39 is 13.3 Å². The number of pyridine rings is 2. The zero-order chi connectivity index (χ0) is 36.6. The van der Waals surface area contributed by atoms with Crippen molar-refractivity contribution in [3.63, 3.8) is 0 Å². The Morgan fingerprint density at radius 1 is 0.636 bits per heavy atom. The Bertz CT molecular complexity index is 2740. The summed E-state index contributed by atoms with van der Waals surface area (Å²) >= 11 is -1.72. The molecule has 0 unspecified atom stereocenters. The molecule has 0 bridgehead atoms. The number of rotatable bonds is 5. The van der Waals surface area contributed by atoms with Crippen LogP contribution in [0, 0.1) is 12.1 Å². The molecule has 6 heteroatoms. The van der Waals surface area contributed by atoms with Crippen molar-refractivity contribution in [1.82, 2.24) is 9.97 Å². The molecular formula is C49H42GeIrN2O2-2. The molecule has 5 aromatic carbocycles. The van der Waals surface area contributed by atoms with Gasteiger partial charge in [-0.25, -0.2) is 0 Å². The number of fused-ring (bicyclic) bond motifs is 6. The monoisotopic (exact) mass is 957 g/mol. The van der Waals surface area contributed by atoms with E-state index in [4.69, 9.17) is 13.8 Å². The molecule has 275 valence electrons. The normalized spacial score (nSPS) is 13.5. The second kappa shape index (κ2) is 15.7. The molecule has 1 radical (unpaired) electrons. The summed E-state index contributed by atoms with van der Waals surface area (Å²) in [5.41, 5.74) is 11.0. The second-order valence-corrected chi connectivity index (χ2v) is 26.1. The predicted molar refractivity (Wildman–Crippen MR) is 226 cm³/mol. The fraction of sp³-hybridized carbons (Fsp3) is 0.184. The number of para-hydroxylation sites is 2. The topological polar surface area (TPSA) is 52.1 Å². The molecule has 9 aromatic rings. The Balaban J connectivity index is 0.000000212. The molecule has 1 saturated carbocycles. The number of benzene rings is 5. The molecule has 0 N–H and O–H groups in total. The van der Waals surface area contributed by atoms with Crippen LogP contribution in [0.15, 0.2) is 143 Å². The third-order valence-corrected chi connectivity index (χ3v) is 15.1. The van der Waals surface area contributed by atoms with E-state index >= 15 is 0 Å². The van der Waals surface area contributed by atoms with Crippen LogP contribution in [0.25, 0.3) is 77.5 Å². The molecule has 0 atom stereocenters. The van der Waals surface area contributed by atoms with Gasteiger partial charge in [0, 0.05) is 42.6 Å². The van der Waals surface area contributed by atoms with Crippen molar-refractivity contribution in [1.29, 1.82) is 0 Å². The minimum atomic E-state index is -1.72. The average molecular weight is 956 g/mol. The standard InChI is InChI=1S/C35H26NO2.C14H16GeN.Ir/c1-2-7-22(8-3-1)23-17-18-36-31(19-23)25-14-16-29-30-11-6-10-26(35(30)38-34(29)21-25)24-13-15-28-27-9-4-5-12-32(27)37-33(28)20-24;1-15(2,3)13-9-10-14(16-11-13)12-7-5-4-6-8-12;/h4-6,9-20,22H,1-3,7-8H2;4-7,9-11H,1-3H3;/q2*-1;. The summed E-state index contributed by atoms with van der Waals surface area (Å²) in [6, 6.07) is 48.7. The van der Waals surface area contributed by atoms with E-state index in [0.717, 1.165) is 77.5 Å². The number of furan rings is 2. The van der Waals surface area contributed by atoms with Gasteiger partial charge >= 0.3 is 99.8 Å². The number of nitrogens with zero attached hydrogens (tertiary/aromatic N) is 2. The maximum absolute atomic E-state index is 6.50. The second-order valence-electron chi connectivity index (χ2n) is 15.5. The Kier molecular flexibility index (Phi) is 10.6. The third-order valence-electron chi connectivity index (χ3n) is 10.9. The molecule has 0 spiro atoms. The Labute approximate surface area is 338 Å². The van der Waals surface area contributed by atoms with Gasteiger partial charge in [-0.1, -0.05) is 84.8 Å². The summed E-state index contributed by atoms with van der Waals surface area (Å²) in [7, 11) is 0. The van der Waals surface area contributed by atoms with E-state index in [2.05, 4.69) is 113 Å². The predicted octanol–water partition coefficient (Wildman–Crippen LogP) is 13.2. The van der Waals surface area contributed by atoms with Gasteiger partial charge in [0.2, 0.25) is 0 Å². The van der Waals surface area contributed by atoms with Crippen LogP contribution in [0.3, 0.4) is 0 Å². The number of hydrogen-bond acceptors (Lipinski definition) is 4. The van der Waals surface area contributed by atoms with Crippen LogP contribution in [0.4, 0.5) is 0 Å². The molecule has 0 aliphatic heterocycles. The van der Waals surface area contributed by atoms with Gasteiger partial charge in [0.1, 0.15) is 16.7 Å². The van der Waals surface area contributed by atoms with Gasteiger partial charge < -0.3 is 13.8 Å². The van der Waals surface area contributed by atoms with Crippen molar-refractivity contribution in [2.24, 2.45) is 0 Å². The zero-order valence-corrected chi connectivity index (χ0v) is 35.9. The van der Waals surface area contributed by atoms with Gasteiger partial charge in [-0.15, -0.1) is 17.7 Å². The molecule has 4 heterocycles. The first-order chi connectivity index (χ1) is 26.4. The van der Waals surface area contributed by atoms with Gasteiger partial charge in [-0.05, 0) is 59.7 Å². The van der Waals surface area contributed by atoms with Gasteiger partial charge in [0.05, 0.1) is 5.58 Å². The summed E-state index contributed by atoms with van der Waals surface area (Å²) in [6.45, 7) is 0. The smallest absolute Gasteiger partial charge is 0.136 e. The minimum Gasteiger partial charge on any atom is -0.476 e. The molecular weight excluding hydrogens is 913 g/mol. The summed E-state index contributed by atoms with van der Waals surface area (Å²) in [5.74, 6) is 7.79. The van der Waals surface area contributed by atoms with Crippen molar-refractivity contribution in [3.8, 4) is 33.6 Å². The van der Waals surface area contributed by atoms with E-state index in [0.29, 0.717) is 5.92 Å². The van der Waals surface area contributed by atoms with Crippen LogP contribution in [-0.4, -0.2) is 23.2 Å². The maximum atomic E-state index is 6.50. The quantitative estimate of drug-likeness (QED) is 0.127. The third kappa shape index (κ3) is 7.58. The zero-order valence-electron chi connectivity index (χ0n) is 31.4. The first kappa shape index (κ1) is 37.1. The summed E-state index contributed by atoms with van der Waals surface area (Å²) < 4.78 is 14.1. The summed E-state index contributed by atoms with van der Waals surface area (Å²) in [5, 5.41) is 4.43. The van der Waals surface area contributed by atoms with Gasteiger partial charge in [-0.2, -0.15) is 0 Å². The van der Waals surface area contributed by atoms with Gasteiger partial charge in [0.25, 0.3) is 0 Å². The van der Waals surface area contributed by atoms with Crippen LogP contribution in [-0.2, 0) is 20.1 Å². The Hall–Kier alpha value is -4.81. The Morgan fingerprint density at radius 3 is 2.24 bits per heavy atom. The number of hydrogen-bond donors (Lipinski definition) is 0. The summed E-state index contributed by atoms with van der Waals surface area (Å²) in [4.78, 5) is 9.22. The average Bonchev–Trinajstić information content (AvgIpc) is 3.79. The van der Waals surface area contributed by atoms with E-state index in [-0.39, 0.29) is 20.1 Å². The van der Waals surface area contributed by atoms with Crippen LogP contribution in [0.1, 0.15) is 43.6 Å². The van der Waals surface area contributed by atoms with E-state index in [1.54, 1.807) is 0 Å². The molecule has 1 fully saturated rings. The fourth-order valence-corrected chi connectivity index (χ4v) is 10.0. The maximum Gasteiger partial charge on any atom is 0.136 e. The van der Waals surface area contributed by atoms with E-state index in [1.165, 1.54) is 42.1 Å². The molecule has 1 aliphatic carbocycles. The summed E-state index contributed by atoms with van der Waals surface area (Å²) in [6.07, 6.45) is 10.5. The largest absolute Gasteiger partial charge is 0.476 e. The molecule has 4 aromatic heterocycles. The molecule has 10 rings (SSSR count). The minimum absolute atomic E-state index is 0. The van der Waals surface area contributed by atoms with Crippen molar-refractivity contribution in [2.45, 2.75) is 55.3 Å². The molecule has 0 saturated heterocycles. The number of aromatic nitrogens is 2. The van der Waals surface area contributed by atoms with Crippen molar-refractivity contribution >= 4 is 61.5 Å². The SMILES string of the molecule is [CH3][Ge]([CH3])([CH3])[c]1ccc(-c2[c-]cccc2)nc1.[Ir].[c-]1c(-c2cc(C3CCCCC3)ccn2)ccc2c1oc1c(-c3ccc4c(c3)oc3ccccc34)cccc12. The van der Waals surface area contributed by atoms with Crippen molar-refractivity contribution < 1.29 is 28.9 Å². The van der Waals surface area contributed by atoms with E-state index in [9.17, 15) is 0 Å². The van der Waals surface area contributed by atoms with Crippen molar-refractivity contribution in [2.75, 3.05) is 0 Å². The van der Waals surface area contributed by atoms with Gasteiger partial charge in [-0.3, -0.25) is 0 Å². The van der Waals surface area contributed by atoms with E-state index in [1.807, 2.05) is 54.9 Å². The fourth-order valence-electron chi connectivity index (χ4n) is 7.83. The first-order valence-electron chi connectivity index (χ1n) is 19.1. The molecule has 4 nitrogen and oxygen atoms in total. The Morgan fingerprint density at radius 2 is 1.44 bits per heavy atom. The van der Waals surface area contributed by atoms with Crippen LogP contribution in [0.2, 0.25) is 17.3 Å². The van der Waals surface area contributed by atoms with Crippen molar-refractivity contribution in [3.05, 3.63) is 151 Å². The molecule has 55 heavy (non-hydrogen) atoms. The first-order valence-corrected chi connectivity index (χ1v) is 26.4. The molecule has 0 amide bonds. The van der Waals surface area contributed by atoms with Crippen LogP contribution in [0.5, 0.6) is 0 Å². The van der Waals surface area contributed by atoms with Crippen LogP contribution < -0.4 is 4.40 Å². The van der Waals surface area contributed by atoms with Crippen LogP contribution >= 0.6 is 0 Å².